The minimum Gasteiger partial charge on any atom is -0.397 e. The average molecular weight is 221 g/mol. The molecule has 0 aliphatic carbocycles. The molecule has 1 aromatic rings. The third-order valence-corrected chi connectivity index (χ3v) is 2.62. The van der Waals surface area contributed by atoms with Crippen molar-refractivity contribution < 1.29 is 4.79 Å². The predicted octanol–water partition coefficient (Wildman–Crippen LogP) is 2.17. The van der Waals surface area contributed by atoms with E-state index in [-0.39, 0.29) is 6.03 Å². The van der Waals surface area contributed by atoms with Crippen LogP contribution in [0.3, 0.4) is 0 Å². The van der Waals surface area contributed by atoms with Crippen LogP contribution in [-0.4, -0.2) is 31.1 Å². The van der Waals surface area contributed by atoms with Crippen molar-refractivity contribution in [3.8, 4) is 0 Å². The molecule has 1 aromatic carbocycles. The zero-order chi connectivity index (χ0) is 12.1. The number of urea groups is 1. The number of para-hydroxylation sites is 2. The smallest absolute Gasteiger partial charge is 0.324 e. The number of hydrogen-bond donors (Lipinski definition) is 1. The lowest BCUT2D eigenvalue weighted by atomic mass is 10.2. The van der Waals surface area contributed by atoms with E-state index in [9.17, 15) is 4.79 Å². The summed E-state index contributed by atoms with van der Waals surface area (Å²) in [7, 11) is 1.74. The van der Waals surface area contributed by atoms with E-state index >= 15 is 0 Å². The standard InChI is InChI=1S/C12H19N3O/c1-4-15(5-2)12(16)14(3)11-9-7-6-8-10(11)13/h6-9H,4-5,13H2,1-3H3. The van der Waals surface area contributed by atoms with E-state index in [2.05, 4.69) is 0 Å². The number of amides is 2. The first-order chi connectivity index (χ1) is 7.61. The van der Waals surface area contributed by atoms with Gasteiger partial charge in [0.15, 0.2) is 0 Å². The topological polar surface area (TPSA) is 49.6 Å². The third-order valence-electron chi connectivity index (χ3n) is 2.62. The molecule has 0 aliphatic rings. The number of anilines is 2. The number of nitrogen functional groups attached to an aromatic ring is 1. The van der Waals surface area contributed by atoms with Gasteiger partial charge in [0.05, 0.1) is 11.4 Å². The number of rotatable bonds is 3. The summed E-state index contributed by atoms with van der Waals surface area (Å²) in [5.41, 5.74) is 7.20. The predicted molar refractivity (Wildman–Crippen MR) is 67.6 cm³/mol. The Morgan fingerprint density at radius 3 is 2.31 bits per heavy atom. The number of nitrogens with two attached hydrogens (primary N) is 1. The molecule has 2 N–H and O–H groups in total. The van der Waals surface area contributed by atoms with Gasteiger partial charge in [-0.15, -0.1) is 0 Å². The molecule has 0 aromatic heterocycles. The Morgan fingerprint density at radius 2 is 1.81 bits per heavy atom. The summed E-state index contributed by atoms with van der Waals surface area (Å²) in [6.07, 6.45) is 0. The van der Waals surface area contributed by atoms with E-state index < -0.39 is 0 Å². The van der Waals surface area contributed by atoms with Gasteiger partial charge < -0.3 is 10.6 Å². The normalized spacial score (nSPS) is 9.94. The van der Waals surface area contributed by atoms with Gasteiger partial charge in [-0.1, -0.05) is 12.1 Å². The Labute approximate surface area is 96.6 Å². The van der Waals surface area contributed by atoms with Crippen LogP contribution in [0.1, 0.15) is 13.8 Å². The maximum absolute atomic E-state index is 12.1. The Bertz CT molecular complexity index is 361. The summed E-state index contributed by atoms with van der Waals surface area (Å²) in [6.45, 7) is 5.33. The van der Waals surface area contributed by atoms with Crippen LogP contribution in [0.4, 0.5) is 16.2 Å². The van der Waals surface area contributed by atoms with Gasteiger partial charge in [0.2, 0.25) is 0 Å². The lowest BCUT2D eigenvalue weighted by Gasteiger charge is -2.26. The van der Waals surface area contributed by atoms with Crippen molar-refractivity contribution in [2.45, 2.75) is 13.8 Å². The molecular formula is C12H19N3O. The van der Waals surface area contributed by atoms with Gasteiger partial charge >= 0.3 is 6.03 Å². The van der Waals surface area contributed by atoms with E-state index in [1.54, 1.807) is 22.9 Å². The first-order valence-electron chi connectivity index (χ1n) is 5.48. The number of carbonyl (C=O) groups is 1. The molecule has 0 saturated carbocycles. The SMILES string of the molecule is CCN(CC)C(=O)N(C)c1ccccc1N. The Kier molecular flexibility index (Phi) is 4.17. The van der Waals surface area contributed by atoms with Gasteiger partial charge in [0.25, 0.3) is 0 Å². The largest absolute Gasteiger partial charge is 0.397 e. The summed E-state index contributed by atoms with van der Waals surface area (Å²) in [6, 6.07) is 7.34. The van der Waals surface area contributed by atoms with Gasteiger partial charge in [-0.2, -0.15) is 0 Å². The van der Waals surface area contributed by atoms with Crippen LogP contribution in [0.25, 0.3) is 0 Å². The van der Waals surface area contributed by atoms with E-state index in [0.717, 1.165) is 5.69 Å². The van der Waals surface area contributed by atoms with E-state index in [0.29, 0.717) is 18.8 Å². The number of carbonyl (C=O) groups excluding carboxylic acids is 1. The highest BCUT2D eigenvalue weighted by Gasteiger charge is 2.17. The fourth-order valence-electron chi connectivity index (χ4n) is 1.60. The lowest BCUT2D eigenvalue weighted by molar-refractivity contribution is 0.211. The zero-order valence-electron chi connectivity index (χ0n) is 10.1. The molecule has 4 heteroatoms. The summed E-state index contributed by atoms with van der Waals surface area (Å²) >= 11 is 0. The van der Waals surface area contributed by atoms with Crippen molar-refractivity contribution in [3.05, 3.63) is 24.3 Å². The van der Waals surface area contributed by atoms with Crippen molar-refractivity contribution in [2.75, 3.05) is 30.8 Å². The second kappa shape index (κ2) is 5.39. The number of nitrogens with zero attached hydrogens (tertiary/aromatic N) is 2. The van der Waals surface area contributed by atoms with Crippen LogP contribution in [0.15, 0.2) is 24.3 Å². The van der Waals surface area contributed by atoms with E-state index in [4.69, 9.17) is 5.73 Å². The molecule has 88 valence electrons. The summed E-state index contributed by atoms with van der Waals surface area (Å²) in [5.74, 6) is 0. The van der Waals surface area contributed by atoms with Crippen molar-refractivity contribution in [1.29, 1.82) is 0 Å². The van der Waals surface area contributed by atoms with Crippen LogP contribution < -0.4 is 10.6 Å². The Balaban J connectivity index is 2.90. The molecule has 0 aliphatic heterocycles. The first-order valence-corrected chi connectivity index (χ1v) is 5.48. The van der Waals surface area contributed by atoms with Crippen molar-refractivity contribution in [2.24, 2.45) is 0 Å². The van der Waals surface area contributed by atoms with Gasteiger partial charge in [-0.25, -0.2) is 4.79 Å². The molecule has 0 unspecified atom stereocenters. The van der Waals surface area contributed by atoms with Crippen LogP contribution in [0.5, 0.6) is 0 Å². The first kappa shape index (κ1) is 12.4. The van der Waals surface area contributed by atoms with Gasteiger partial charge in [-0.3, -0.25) is 4.90 Å². The molecule has 0 spiro atoms. The Hall–Kier alpha value is -1.71. The second-order valence-corrected chi connectivity index (χ2v) is 3.57. The monoisotopic (exact) mass is 221 g/mol. The molecular weight excluding hydrogens is 202 g/mol. The van der Waals surface area contributed by atoms with Crippen LogP contribution in [-0.2, 0) is 0 Å². The van der Waals surface area contributed by atoms with Gasteiger partial charge in [-0.05, 0) is 26.0 Å². The molecule has 2 amide bonds. The number of hydrogen-bond acceptors (Lipinski definition) is 2. The van der Waals surface area contributed by atoms with E-state index in [1.807, 2.05) is 32.0 Å². The molecule has 0 heterocycles. The van der Waals surface area contributed by atoms with Crippen LogP contribution >= 0.6 is 0 Å². The minimum atomic E-state index is -0.0251. The quantitative estimate of drug-likeness (QED) is 0.795. The molecule has 1 rings (SSSR count). The highest BCUT2D eigenvalue weighted by atomic mass is 16.2. The van der Waals surface area contributed by atoms with Gasteiger partial charge in [0.1, 0.15) is 0 Å². The zero-order valence-corrected chi connectivity index (χ0v) is 10.1. The Morgan fingerprint density at radius 1 is 1.25 bits per heavy atom. The van der Waals surface area contributed by atoms with Crippen molar-refractivity contribution in [3.63, 3.8) is 0 Å². The van der Waals surface area contributed by atoms with Crippen molar-refractivity contribution in [1.82, 2.24) is 4.90 Å². The molecule has 0 radical (unpaired) electrons. The highest BCUT2D eigenvalue weighted by molar-refractivity contribution is 5.94. The average Bonchev–Trinajstić information content (AvgIpc) is 2.30. The maximum atomic E-state index is 12.1. The number of benzene rings is 1. The minimum absolute atomic E-state index is 0.0251. The summed E-state index contributed by atoms with van der Waals surface area (Å²) < 4.78 is 0. The fraction of sp³-hybridized carbons (Fsp3) is 0.417. The molecule has 0 atom stereocenters. The molecule has 0 fully saturated rings. The second-order valence-electron chi connectivity index (χ2n) is 3.57. The van der Waals surface area contributed by atoms with Crippen LogP contribution in [0, 0.1) is 0 Å². The maximum Gasteiger partial charge on any atom is 0.324 e. The molecule has 4 nitrogen and oxygen atoms in total. The molecule has 16 heavy (non-hydrogen) atoms. The fourth-order valence-corrected chi connectivity index (χ4v) is 1.60. The van der Waals surface area contributed by atoms with Crippen LogP contribution in [0.2, 0.25) is 0 Å². The summed E-state index contributed by atoms with van der Waals surface area (Å²) in [4.78, 5) is 15.4. The molecule has 0 bridgehead atoms. The molecule has 0 saturated heterocycles. The third kappa shape index (κ3) is 2.45. The van der Waals surface area contributed by atoms with E-state index in [1.165, 1.54) is 0 Å². The van der Waals surface area contributed by atoms with Gasteiger partial charge in [0, 0.05) is 20.1 Å². The lowest BCUT2D eigenvalue weighted by Crippen LogP contribution is -2.41. The van der Waals surface area contributed by atoms with Crippen molar-refractivity contribution >= 4 is 17.4 Å². The highest BCUT2D eigenvalue weighted by Crippen LogP contribution is 2.21. The summed E-state index contributed by atoms with van der Waals surface area (Å²) in [5, 5.41) is 0.